The molecule has 1 aromatic carbocycles. The number of fused-ring (bicyclic) bond motifs is 1. The molecular formula is C26H29N3O5. The Labute approximate surface area is 198 Å². The van der Waals surface area contributed by atoms with Crippen molar-refractivity contribution in [1.29, 1.82) is 0 Å². The maximum absolute atomic E-state index is 13.2. The van der Waals surface area contributed by atoms with Crippen molar-refractivity contribution in [2.45, 2.75) is 45.4 Å². The quantitative estimate of drug-likeness (QED) is 0.517. The third kappa shape index (κ3) is 5.82. The highest BCUT2D eigenvalue weighted by molar-refractivity contribution is 5.88. The SMILES string of the molecule is CC(C)(C)OC(=O)N(c1ccc(/C=C/C(=O)O)cn1)C1CCN(Cc2ccc3occc3c2)C1. The van der Waals surface area contributed by atoms with E-state index < -0.39 is 17.7 Å². The molecule has 3 heterocycles. The Kier molecular flexibility index (Phi) is 6.70. The van der Waals surface area contributed by atoms with Gasteiger partial charge in [-0.3, -0.25) is 9.80 Å². The number of hydrogen-bond donors (Lipinski definition) is 1. The van der Waals surface area contributed by atoms with Crippen LogP contribution < -0.4 is 4.90 Å². The Bertz CT molecular complexity index is 1190. The van der Waals surface area contributed by atoms with Crippen molar-refractivity contribution in [2.75, 3.05) is 18.0 Å². The smallest absolute Gasteiger partial charge is 0.416 e. The van der Waals surface area contributed by atoms with Gasteiger partial charge in [0.15, 0.2) is 0 Å². The first kappa shape index (κ1) is 23.5. The van der Waals surface area contributed by atoms with Gasteiger partial charge in [0.1, 0.15) is 17.0 Å². The van der Waals surface area contributed by atoms with E-state index in [-0.39, 0.29) is 6.04 Å². The van der Waals surface area contributed by atoms with Gasteiger partial charge < -0.3 is 14.3 Å². The van der Waals surface area contributed by atoms with Crippen molar-refractivity contribution in [1.82, 2.24) is 9.88 Å². The van der Waals surface area contributed by atoms with Gasteiger partial charge in [-0.2, -0.15) is 0 Å². The zero-order valence-electron chi connectivity index (χ0n) is 19.6. The lowest BCUT2D eigenvalue weighted by Crippen LogP contribution is -2.45. The van der Waals surface area contributed by atoms with E-state index in [1.54, 1.807) is 29.5 Å². The van der Waals surface area contributed by atoms with Gasteiger partial charge in [-0.15, -0.1) is 0 Å². The molecule has 1 atom stereocenters. The topological polar surface area (TPSA) is 96.1 Å². The molecule has 8 nitrogen and oxygen atoms in total. The second-order valence-corrected chi connectivity index (χ2v) is 9.44. The molecule has 0 radical (unpaired) electrons. The zero-order valence-corrected chi connectivity index (χ0v) is 19.6. The molecule has 0 spiro atoms. The monoisotopic (exact) mass is 463 g/mol. The number of rotatable bonds is 6. The molecule has 3 aromatic rings. The normalized spacial score (nSPS) is 16.9. The van der Waals surface area contributed by atoms with E-state index >= 15 is 0 Å². The van der Waals surface area contributed by atoms with Crippen LogP contribution in [-0.4, -0.2) is 51.8 Å². The summed E-state index contributed by atoms with van der Waals surface area (Å²) >= 11 is 0. The van der Waals surface area contributed by atoms with Gasteiger partial charge in [-0.1, -0.05) is 6.07 Å². The van der Waals surface area contributed by atoms with E-state index in [0.29, 0.717) is 17.9 Å². The minimum atomic E-state index is -1.03. The van der Waals surface area contributed by atoms with Crippen LogP contribution in [0.4, 0.5) is 10.6 Å². The molecule has 4 rings (SSSR count). The highest BCUT2D eigenvalue weighted by Gasteiger charge is 2.35. The number of anilines is 1. The average molecular weight is 464 g/mol. The summed E-state index contributed by atoms with van der Waals surface area (Å²) in [6, 6.07) is 11.5. The van der Waals surface area contributed by atoms with Gasteiger partial charge in [0.25, 0.3) is 0 Å². The van der Waals surface area contributed by atoms with E-state index in [0.717, 1.165) is 36.6 Å². The van der Waals surface area contributed by atoms with Crippen LogP contribution in [0.2, 0.25) is 0 Å². The highest BCUT2D eigenvalue weighted by Crippen LogP contribution is 2.26. The first-order valence-electron chi connectivity index (χ1n) is 11.3. The Morgan fingerprint density at radius 1 is 1.26 bits per heavy atom. The van der Waals surface area contributed by atoms with Gasteiger partial charge >= 0.3 is 12.1 Å². The van der Waals surface area contributed by atoms with E-state index in [1.807, 2.05) is 32.9 Å². The molecule has 1 aliphatic rings. The molecule has 8 heteroatoms. The Balaban J connectivity index is 1.51. The van der Waals surface area contributed by atoms with E-state index in [9.17, 15) is 9.59 Å². The Hall–Kier alpha value is -3.65. The number of amides is 1. The average Bonchev–Trinajstić information content (AvgIpc) is 3.41. The van der Waals surface area contributed by atoms with Crippen LogP contribution in [0.5, 0.6) is 0 Å². The molecule has 1 saturated heterocycles. The number of pyridine rings is 1. The number of nitrogens with zero attached hydrogens (tertiary/aromatic N) is 3. The molecule has 0 saturated carbocycles. The van der Waals surface area contributed by atoms with Crippen molar-refractivity contribution in [3.8, 4) is 0 Å². The maximum Gasteiger partial charge on any atom is 0.416 e. The van der Waals surface area contributed by atoms with Crippen LogP contribution >= 0.6 is 0 Å². The number of likely N-dealkylation sites (tertiary alicyclic amines) is 1. The number of hydrogen-bond acceptors (Lipinski definition) is 6. The minimum absolute atomic E-state index is 0.0968. The summed E-state index contributed by atoms with van der Waals surface area (Å²) in [4.78, 5) is 32.3. The molecule has 1 N–H and O–H groups in total. The summed E-state index contributed by atoms with van der Waals surface area (Å²) in [5.41, 5.74) is 2.05. The van der Waals surface area contributed by atoms with Crippen LogP contribution in [-0.2, 0) is 16.1 Å². The summed E-state index contributed by atoms with van der Waals surface area (Å²) in [7, 11) is 0. The third-order valence-electron chi connectivity index (χ3n) is 5.56. The maximum atomic E-state index is 13.2. The van der Waals surface area contributed by atoms with Gasteiger partial charge in [-0.05, 0) is 74.7 Å². The number of carbonyl (C=O) groups excluding carboxylic acids is 1. The van der Waals surface area contributed by atoms with Crippen LogP contribution in [0, 0.1) is 0 Å². The predicted octanol–water partition coefficient (Wildman–Crippen LogP) is 4.94. The standard InChI is InChI=1S/C26H29N3O5/c1-26(2,3)34-25(32)29(23-8-5-18(15-27-23)6-9-24(30)31)21-10-12-28(17-21)16-19-4-7-22-20(14-19)11-13-33-22/h4-9,11,13-15,21H,10,12,16-17H2,1-3H3,(H,30,31)/b9-6+. The highest BCUT2D eigenvalue weighted by atomic mass is 16.6. The second-order valence-electron chi connectivity index (χ2n) is 9.44. The van der Waals surface area contributed by atoms with Crippen molar-refractivity contribution >= 4 is 34.9 Å². The van der Waals surface area contributed by atoms with Gasteiger partial charge in [0.2, 0.25) is 0 Å². The molecule has 178 valence electrons. The zero-order chi connectivity index (χ0) is 24.3. The summed E-state index contributed by atoms with van der Waals surface area (Å²) in [5.74, 6) is -0.550. The molecule has 2 aromatic heterocycles. The molecule has 0 aliphatic carbocycles. The number of furan rings is 1. The summed E-state index contributed by atoms with van der Waals surface area (Å²) in [6.07, 6.45) is 6.10. The van der Waals surface area contributed by atoms with E-state index in [4.69, 9.17) is 14.3 Å². The molecule has 0 bridgehead atoms. The van der Waals surface area contributed by atoms with Crippen molar-refractivity contribution < 1.29 is 23.8 Å². The number of ether oxygens (including phenoxy) is 1. The number of aliphatic carboxylic acids is 1. The number of carbonyl (C=O) groups is 2. The first-order valence-corrected chi connectivity index (χ1v) is 11.3. The fourth-order valence-corrected chi connectivity index (χ4v) is 4.09. The number of carboxylic acid groups (broad SMARTS) is 1. The Morgan fingerprint density at radius 2 is 2.09 bits per heavy atom. The van der Waals surface area contributed by atoms with Crippen molar-refractivity contribution in [3.05, 3.63) is 66.1 Å². The van der Waals surface area contributed by atoms with Crippen LogP contribution in [0.1, 0.15) is 38.3 Å². The molecular weight excluding hydrogens is 434 g/mol. The lowest BCUT2D eigenvalue weighted by atomic mass is 10.1. The van der Waals surface area contributed by atoms with Crippen LogP contribution in [0.25, 0.3) is 17.0 Å². The second kappa shape index (κ2) is 9.69. The largest absolute Gasteiger partial charge is 0.478 e. The molecule has 1 aliphatic heterocycles. The van der Waals surface area contributed by atoms with E-state index in [2.05, 4.69) is 22.0 Å². The number of carboxylic acids is 1. The summed E-state index contributed by atoms with van der Waals surface area (Å²) < 4.78 is 11.1. The molecule has 34 heavy (non-hydrogen) atoms. The van der Waals surface area contributed by atoms with E-state index in [1.165, 1.54) is 11.6 Å². The van der Waals surface area contributed by atoms with Crippen LogP contribution in [0.15, 0.2) is 59.4 Å². The van der Waals surface area contributed by atoms with Gasteiger partial charge in [-0.25, -0.2) is 14.6 Å². The fraction of sp³-hybridized carbons (Fsp3) is 0.346. The Morgan fingerprint density at radius 3 is 2.79 bits per heavy atom. The van der Waals surface area contributed by atoms with Crippen molar-refractivity contribution in [3.63, 3.8) is 0 Å². The third-order valence-corrected chi connectivity index (χ3v) is 5.56. The minimum Gasteiger partial charge on any atom is -0.478 e. The predicted molar refractivity (Wildman–Crippen MR) is 130 cm³/mol. The number of aromatic nitrogens is 1. The van der Waals surface area contributed by atoms with Crippen LogP contribution in [0.3, 0.4) is 0 Å². The van der Waals surface area contributed by atoms with Gasteiger partial charge in [0.05, 0.1) is 12.3 Å². The van der Waals surface area contributed by atoms with Gasteiger partial charge in [0, 0.05) is 37.3 Å². The molecule has 1 fully saturated rings. The summed E-state index contributed by atoms with van der Waals surface area (Å²) in [6.45, 7) is 7.81. The fourth-order valence-electron chi connectivity index (χ4n) is 4.09. The molecule has 1 amide bonds. The molecule has 1 unspecified atom stereocenters. The lowest BCUT2D eigenvalue weighted by Gasteiger charge is -2.31. The lowest BCUT2D eigenvalue weighted by molar-refractivity contribution is -0.131. The summed E-state index contributed by atoms with van der Waals surface area (Å²) in [5, 5.41) is 9.90. The number of benzene rings is 1. The first-order chi connectivity index (χ1) is 16.2. The van der Waals surface area contributed by atoms with Crippen molar-refractivity contribution in [2.24, 2.45) is 0 Å².